The first kappa shape index (κ1) is 25.4. The standard InChI is InChI=1S/C27H33N5O4S/c1-19-26(27(34)30-13-4-3-5-14-30)25-18-22(12-17-32(25)29-19)21-10-15-31(16-11-21)37(35,36)24-8-6-23(7-9-24)28-20(2)33/h6-9,12,17-18,21H,3-5,10-11,13-16H2,1-2H3,(H,28,33). The quantitative estimate of drug-likeness (QED) is 0.548. The predicted octanol–water partition coefficient (Wildman–Crippen LogP) is 3.80. The summed E-state index contributed by atoms with van der Waals surface area (Å²) in [6.07, 6.45) is 6.54. The van der Waals surface area contributed by atoms with Crippen LogP contribution in [-0.4, -0.2) is 65.2 Å². The molecule has 0 radical (unpaired) electrons. The maximum Gasteiger partial charge on any atom is 0.257 e. The van der Waals surface area contributed by atoms with Crippen LogP contribution in [0.4, 0.5) is 5.69 Å². The molecule has 1 aromatic carbocycles. The van der Waals surface area contributed by atoms with E-state index in [1.165, 1.54) is 29.8 Å². The highest BCUT2D eigenvalue weighted by Crippen LogP contribution is 2.32. The molecule has 196 valence electrons. The second-order valence-corrected chi connectivity index (χ2v) is 11.9. The van der Waals surface area contributed by atoms with Gasteiger partial charge in [-0.25, -0.2) is 12.9 Å². The second-order valence-electron chi connectivity index (χ2n) is 9.99. The first-order chi connectivity index (χ1) is 17.7. The summed E-state index contributed by atoms with van der Waals surface area (Å²) >= 11 is 0. The average molecular weight is 524 g/mol. The highest BCUT2D eigenvalue weighted by molar-refractivity contribution is 7.89. The molecule has 1 N–H and O–H groups in total. The molecule has 0 saturated carbocycles. The van der Waals surface area contributed by atoms with Crippen molar-refractivity contribution < 1.29 is 18.0 Å². The minimum atomic E-state index is -3.62. The van der Waals surface area contributed by atoms with E-state index in [1.54, 1.807) is 16.6 Å². The molecule has 2 amide bonds. The molecular formula is C27H33N5O4S. The van der Waals surface area contributed by atoms with Gasteiger partial charge in [0.15, 0.2) is 0 Å². The predicted molar refractivity (Wildman–Crippen MR) is 141 cm³/mol. The van der Waals surface area contributed by atoms with E-state index in [0.717, 1.165) is 42.7 Å². The van der Waals surface area contributed by atoms with E-state index in [0.29, 0.717) is 37.2 Å². The van der Waals surface area contributed by atoms with Gasteiger partial charge in [0.05, 0.1) is 21.7 Å². The van der Waals surface area contributed by atoms with Crippen LogP contribution in [0.5, 0.6) is 0 Å². The van der Waals surface area contributed by atoms with Crippen LogP contribution in [0.25, 0.3) is 5.52 Å². The van der Waals surface area contributed by atoms with Gasteiger partial charge in [-0.1, -0.05) is 0 Å². The number of fused-ring (bicyclic) bond motifs is 1. The minimum Gasteiger partial charge on any atom is -0.339 e. The molecule has 0 aliphatic carbocycles. The molecule has 0 spiro atoms. The number of aryl methyl sites for hydroxylation is 1. The molecule has 2 aliphatic rings. The van der Waals surface area contributed by atoms with Crippen molar-refractivity contribution in [2.75, 3.05) is 31.5 Å². The number of benzene rings is 1. The third-order valence-electron chi connectivity index (χ3n) is 7.43. The van der Waals surface area contributed by atoms with Crippen molar-refractivity contribution >= 4 is 33.0 Å². The SMILES string of the molecule is CC(=O)Nc1ccc(S(=O)(=O)N2CCC(c3ccn4nc(C)c(C(=O)N5CCCCC5)c4c3)CC2)cc1. The number of piperidine rings is 2. The lowest BCUT2D eigenvalue weighted by molar-refractivity contribution is -0.114. The Morgan fingerprint density at radius 3 is 2.30 bits per heavy atom. The zero-order chi connectivity index (χ0) is 26.2. The van der Waals surface area contributed by atoms with E-state index < -0.39 is 10.0 Å². The van der Waals surface area contributed by atoms with Crippen molar-refractivity contribution in [3.8, 4) is 0 Å². The molecule has 4 heterocycles. The number of hydrogen-bond acceptors (Lipinski definition) is 5. The van der Waals surface area contributed by atoms with Crippen LogP contribution >= 0.6 is 0 Å². The van der Waals surface area contributed by atoms with E-state index in [2.05, 4.69) is 16.5 Å². The van der Waals surface area contributed by atoms with Gasteiger partial charge in [-0.3, -0.25) is 9.59 Å². The number of carbonyl (C=O) groups excluding carboxylic acids is 2. The lowest BCUT2D eigenvalue weighted by atomic mass is 9.90. The Balaban J connectivity index is 1.31. The lowest BCUT2D eigenvalue weighted by Gasteiger charge is -2.31. The van der Waals surface area contributed by atoms with Gasteiger partial charge < -0.3 is 10.2 Å². The summed E-state index contributed by atoms with van der Waals surface area (Å²) in [6.45, 7) is 5.72. The number of anilines is 1. The van der Waals surface area contributed by atoms with Gasteiger partial charge in [0.2, 0.25) is 15.9 Å². The summed E-state index contributed by atoms with van der Waals surface area (Å²) in [5, 5.41) is 7.23. The maximum absolute atomic E-state index is 13.3. The van der Waals surface area contributed by atoms with Crippen molar-refractivity contribution in [3.63, 3.8) is 0 Å². The van der Waals surface area contributed by atoms with Crippen LogP contribution in [0.2, 0.25) is 0 Å². The topological polar surface area (TPSA) is 104 Å². The molecule has 10 heteroatoms. The highest BCUT2D eigenvalue weighted by Gasteiger charge is 2.31. The lowest BCUT2D eigenvalue weighted by Crippen LogP contribution is -2.37. The van der Waals surface area contributed by atoms with Gasteiger partial charge >= 0.3 is 0 Å². The number of likely N-dealkylation sites (tertiary alicyclic amines) is 1. The third-order valence-corrected chi connectivity index (χ3v) is 9.34. The molecule has 5 rings (SSSR count). The van der Waals surface area contributed by atoms with Gasteiger partial charge in [0, 0.05) is 45.0 Å². The van der Waals surface area contributed by atoms with Crippen LogP contribution in [0.1, 0.15) is 66.6 Å². The van der Waals surface area contributed by atoms with Gasteiger partial charge in [0.1, 0.15) is 0 Å². The van der Waals surface area contributed by atoms with Crippen molar-refractivity contribution in [2.24, 2.45) is 0 Å². The van der Waals surface area contributed by atoms with E-state index >= 15 is 0 Å². The van der Waals surface area contributed by atoms with Crippen LogP contribution in [0.15, 0.2) is 47.5 Å². The minimum absolute atomic E-state index is 0.0507. The monoisotopic (exact) mass is 523 g/mol. The molecule has 2 fully saturated rings. The molecule has 9 nitrogen and oxygen atoms in total. The number of pyridine rings is 1. The van der Waals surface area contributed by atoms with E-state index in [9.17, 15) is 18.0 Å². The molecule has 2 aromatic heterocycles. The maximum atomic E-state index is 13.3. The van der Waals surface area contributed by atoms with Crippen LogP contribution in [0, 0.1) is 6.92 Å². The normalized spacial score (nSPS) is 17.7. The van der Waals surface area contributed by atoms with Crippen LogP contribution < -0.4 is 5.32 Å². The number of amides is 2. The van der Waals surface area contributed by atoms with Crippen LogP contribution in [0.3, 0.4) is 0 Å². The average Bonchev–Trinajstić information content (AvgIpc) is 3.23. The zero-order valence-electron chi connectivity index (χ0n) is 21.3. The Labute approximate surface area is 217 Å². The van der Waals surface area contributed by atoms with Gasteiger partial charge in [0.25, 0.3) is 5.91 Å². The summed E-state index contributed by atoms with van der Waals surface area (Å²) < 4.78 is 29.7. The van der Waals surface area contributed by atoms with Crippen molar-refractivity contribution in [2.45, 2.75) is 56.8 Å². The Morgan fingerprint density at radius 2 is 1.65 bits per heavy atom. The molecular weight excluding hydrogens is 490 g/mol. The number of nitrogens with zero attached hydrogens (tertiary/aromatic N) is 4. The molecule has 2 aliphatic heterocycles. The molecule has 0 bridgehead atoms. The van der Waals surface area contributed by atoms with Gasteiger partial charge in [-0.05, 0) is 86.9 Å². The largest absolute Gasteiger partial charge is 0.339 e. The first-order valence-corrected chi connectivity index (χ1v) is 14.3. The molecule has 3 aromatic rings. The summed E-state index contributed by atoms with van der Waals surface area (Å²) in [6, 6.07) is 10.4. The van der Waals surface area contributed by atoms with E-state index in [1.807, 2.05) is 24.1 Å². The fourth-order valence-electron chi connectivity index (χ4n) is 5.45. The van der Waals surface area contributed by atoms with Crippen molar-refractivity contribution in [3.05, 3.63) is 59.4 Å². The Morgan fingerprint density at radius 1 is 0.973 bits per heavy atom. The van der Waals surface area contributed by atoms with Crippen molar-refractivity contribution in [1.29, 1.82) is 0 Å². The Hall–Kier alpha value is -3.24. The molecule has 0 atom stereocenters. The van der Waals surface area contributed by atoms with Gasteiger partial charge in [-0.15, -0.1) is 0 Å². The summed E-state index contributed by atoms with van der Waals surface area (Å²) in [4.78, 5) is 26.7. The zero-order valence-corrected chi connectivity index (χ0v) is 22.1. The second kappa shape index (κ2) is 10.3. The van der Waals surface area contributed by atoms with Gasteiger partial charge in [-0.2, -0.15) is 9.40 Å². The third kappa shape index (κ3) is 5.13. The number of aromatic nitrogens is 2. The number of nitrogens with one attached hydrogen (secondary N) is 1. The van der Waals surface area contributed by atoms with Crippen LogP contribution in [-0.2, 0) is 14.8 Å². The molecule has 37 heavy (non-hydrogen) atoms. The Bertz CT molecular complexity index is 1420. The number of carbonyl (C=O) groups is 2. The molecule has 2 saturated heterocycles. The summed E-state index contributed by atoms with van der Waals surface area (Å²) in [5.74, 6) is 0.0476. The smallest absolute Gasteiger partial charge is 0.257 e. The van der Waals surface area contributed by atoms with E-state index in [-0.39, 0.29) is 22.6 Å². The van der Waals surface area contributed by atoms with Crippen molar-refractivity contribution in [1.82, 2.24) is 18.8 Å². The summed E-state index contributed by atoms with van der Waals surface area (Å²) in [5.41, 5.74) is 3.90. The van der Waals surface area contributed by atoms with E-state index in [4.69, 9.17) is 0 Å². The number of sulfonamides is 1. The fourth-order valence-corrected chi connectivity index (χ4v) is 6.92. The number of rotatable bonds is 5. The highest BCUT2D eigenvalue weighted by atomic mass is 32.2. The Kier molecular flexibility index (Phi) is 7.04. The fraction of sp³-hybridized carbons (Fsp3) is 0.444. The number of hydrogen-bond donors (Lipinski definition) is 1. The molecule has 0 unspecified atom stereocenters. The summed E-state index contributed by atoms with van der Waals surface area (Å²) in [7, 11) is -3.62. The first-order valence-electron chi connectivity index (χ1n) is 12.9.